The van der Waals surface area contributed by atoms with E-state index in [2.05, 4.69) is 32.6 Å². The first-order valence-electron chi connectivity index (χ1n) is 7.59. The van der Waals surface area contributed by atoms with E-state index in [1.807, 2.05) is 30.3 Å². The topological polar surface area (TPSA) is 29.5 Å². The first-order chi connectivity index (χ1) is 9.61. The highest BCUT2D eigenvalue weighted by Crippen LogP contribution is 2.24. The summed E-state index contributed by atoms with van der Waals surface area (Å²) in [7, 11) is 0. The maximum absolute atomic E-state index is 12.5. The minimum atomic E-state index is -0.307. The van der Waals surface area contributed by atoms with Crippen LogP contribution in [-0.2, 0) is 9.53 Å². The molecule has 1 aromatic carbocycles. The second-order valence-electron chi connectivity index (χ2n) is 5.26. The van der Waals surface area contributed by atoms with Crippen molar-refractivity contribution < 1.29 is 9.53 Å². The number of unbranched alkanes of at least 4 members (excludes halogenated alkanes) is 1. The molecule has 0 aliphatic carbocycles. The molecule has 0 spiro atoms. The van der Waals surface area contributed by atoms with E-state index in [1.54, 1.807) is 0 Å². The second kappa shape index (κ2) is 8.75. The fourth-order valence-corrected chi connectivity index (χ4v) is 2.34. The molecule has 3 nitrogen and oxygen atoms in total. The molecule has 0 radical (unpaired) electrons. The average Bonchev–Trinajstić information content (AvgIpc) is 2.45. The summed E-state index contributed by atoms with van der Waals surface area (Å²) < 4.78 is 5.45. The fourth-order valence-electron chi connectivity index (χ4n) is 2.34. The number of ether oxygens (including phenoxy) is 1. The lowest BCUT2D eigenvalue weighted by Gasteiger charge is -2.32. The third kappa shape index (κ3) is 4.64. The third-order valence-corrected chi connectivity index (χ3v) is 3.44. The molecule has 3 heteroatoms. The molecule has 0 aliphatic rings. The fraction of sp³-hybridized carbons (Fsp3) is 0.588. The van der Waals surface area contributed by atoms with Crippen LogP contribution in [0.25, 0.3) is 0 Å². The summed E-state index contributed by atoms with van der Waals surface area (Å²) in [5, 5.41) is 0. The number of hydrogen-bond acceptors (Lipinski definition) is 3. The predicted octanol–water partition coefficient (Wildman–Crippen LogP) is 3.80. The van der Waals surface area contributed by atoms with Gasteiger partial charge in [-0.25, -0.2) is 4.79 Å². The zero-order valence-electron chi connectivity index (χ0n) is 13.1. The Hall–Kier alpha value is -1.35. The lowest BCUT2D eigenvalue weighted by Crippen LogP contribution is -2.39. The number of esters is 1. The molecule has 1 unspecified atom stereocenters. The number of carbonyl (C=O) groups is 1. The van der Waals surface area contributed by atoms with Crippen LogP contribution in [0.15, 0.2) is 30.3 Å². The van der Waals surface area contributed by atoms with Crippen molar-refractivity contribution in [2.75, 3.05) is 13.2 Å². The van der Waals surface area contributed by atoms with Crippen molar-refractivity contribution in [1.82, 2.24) is 4.90 Å². The van der Waals surface area contributed by atoms with Gasteiger partial charge in [0.05, 0.1) is 6.61 Å². The van der Waals surface area contributed by atoms with Crippen molar-refractivity contribution in [3.63, 3.8) is 0 Å². The van der Waals surface area contributed by atoms with Crippen molar-refractivity contribution in [3.8, 4) is 0 Å². The summed E-state index contributed by atoms with van der Waals surface area (Å²) in [4.78, 5) is 14.6. The van der Waals surface area contributed by atoms with E-state index in [0.717, 1.165) is 24.9 Å². The standard InChI is InChI=1S/C17H27NO2/c1-5-7-13-20-17(19)16(18(6-2)14(3)4)15-11-9-8-10-12-15/h8-12,14,16H,5-7,13H2,1-4H3. The van der Waals surface area contributed by atoms with Crippen LogP contribution in [0.3, 0.4) is 0 Å². The van der Waals surface area contributed by atoms with E-state index in [0.29, 0.717) is 12.6 Å². The molecule has 0 saturated carbocycles. The lowest BCUT2D eigenvalue weighted by atomic mass is 10.0. The Balaban J connectivity index is 2.92. The van der Waals surface area contributed by atoms with Gasteiger partial charge in [0.1, 0.15) is 6.04 Å². The van der Waals surface area contributed by atoms with Crippen LogP contribution >= 0.6 is 0 Å². The summed E-state index contributed by atoms with van der Waals surface area (Å²) in [6, 6.07) is 9.88. The maximum atomic E-state index is 12.5. The van der Waals surface area contributed by atoms with Crippen molar-refractivity contribution >= 4 is 5.97 Å². The minimum Gasteiger partial charge on any atom is -0.464 e. The molecule has 1 atom stereocenters. The number of nitrogens with zero attached hydrogens (tertiary/aromatic N) is 1. The Kier molecular flexibility index (Phi) is 7.31. The highest BCUT2D eigenvalue weighted by Gasteiger charge is 2.29. The quantitative estimate of drug-likeness (QED) is 0.534. The van der Waals surface area contributed by atoms with Crippen LogP contribution in [-0.4, -0.2) is 30.1 Å². The molecule has 20 heavy (non-hydrogen) atoms. The third-order valence-electron chi connectivity index (χ3n) is 3.44. The van der Waals surface area contributed by atoms with Crippen LogP contribution < -0.4 is 0 Å². The van der Waals surface area contributed by atoms with Crippen molar-refractivity contribution in [2.24, 2.45) is 0 Å². The molecule has 0 N–H and O–H groups in total. The number of likely N-dealkylation sites (N-methyl/N-ethyl adjacent to an activating group) is 1. The van der Waals surface area contributed by atoms with Crippen LogP contribution in [0.5, 0.6) is 0 Å². The smallest absolute Gasteiger partial charge is 0.328 e. The Labute approximate surface area is 122 Å². The van der Waals surface area contributed by atoms with Crippen LogP contribution in [0.2, 0.25) is 0 Å². The SMILES string of the molecule is CCCCOC(=O)C(c1ccccc1)N(CC)C(C)C. The largest absolute Gasteiger partial charge is 0.464 e. The van der Waals surface area contributed by atoms with Crippen molar-refractivity contribution in [1.29, 1.82) is 0 Å². The lowest BCUT2D eigenvalue weighted by molar-refractivity contribution is -0.151. The van der Waals surface area contributed by atoms with Crippen molar-refractivity contribution in [2.45, 2.75) is 52.6 Å². The summed E-state index contributed by atoms with van der Waals surface area (Å²) in [6.45, 7) is 9.72. The highest BCUT2D eigenvalue weighted by molar-refractivity contribution is 5.77. The zero-order valence-corrected chi connectivity index (χ0v) is 13.1. The van der Waals surface area contributed by atoms with Gasteiger partial charge in [0.2, 0.25) is 0 Å². The summed E-state index contributed by atoms with van der Waals surface area (Å²) in [6.07, 6.45) is 1.95. The molecule has 0 heterocycles. The van der Waals surface area contributed by atoms with E-state index in [4.69, 9.17) is 4.74 Å². The van der Waals surface area contributed by atoms with Crippen LogP contribution in [0, 0.1) is 0 Å². The van der Waals surface area contributed by atoms with Gasteiger partial charge in [-0.1, -0.05) is 50.6 Å². The van der Waals surface area contributed by atoms with Gasteiger partial charge < -0.3 is 4.74 Å². The highest BCUT2D eigenvalue weighted by atomic mass is 16.5. The summed E-state index contributed by atoms with van der Waals surface area (Å²) in [5.41, 5.74) is 1.00. The minimum absolute atomic E-state index is 0.139. The van der Waals surface area contributed by atoms with Crippen molar-refractivity contribution in [3.05, 3.63) is 35.9 Å². The normalized spacial score (nSPS) is 12.7. The number of benzene rings is 1. The maximum Gasteiger partial charge on any atom is 0.328 e. The summed E-state index contributed by atoms with van der Waals surface area (Å²) in [5.74, 6) is -0.139. The van der Waals surface area contributed by atoms with Crippen LogP contribution in [0.4, 0.5) is 0 Å². The van der Waals surface area contributed by atoms with E-state index >= 15 is 0 Å². The molecule has 112 valence electrons. The second-order valence-corrected chi connectivity index (χ2v) is 5.26. The zero-order chi connectivity index (χ0) is 15.0. The van der Waals surface area contributed by atoms with Gasteiger partial charge in [0, 0.05) is 6.04 Å². The van der Waals surface area contributed by atoms with E-state index < -0.39 is 0 Å². The van der Waals surface area contributed by atoms with Gasteiger partial charge in [-0.15, -0.1) is 0 Å². The van der Waals surface area contributed by atoms with Gasteiger partial charge >= 0.3 is 5.97 Å². The molecular formula is C17H27NO2. The molecule has 0 saturated heterocycles. The Morgan fingerprint density at radius 3 is 2.35 bits per heavy atom. The molecule has 0 bridgehead atoms. The average molecular weight is 277 g/mol. The number of carbonyl (C=O) groups excluding carboxylic acids is 1. The van der Waals surface area contributed by atoms with E-state index in [-0.39, 0.29) is 12.0 Å². The number of hydrogen-bond donors (Lipinski definition) is 0. The van der Waals surface area contributed by atoms with E-state index in [9.17, 15) is 4.79 Å². The van der Waals surface area contributed by atoms with E-state index in [1.165, 1.54) is 0 Å². The number of rotatable bonds is 8. The predicted molar refractivity (Wildman–Crippen MR) is 82.6 cm³/mol. The molecule has 0 amide bonds. The van der Waals surface area contributed by atoms with Crippen LogP contribution in [0.1, 0.15) is 52.1 Å². The summed E-state index contributed by atoms with van der Waals surface area (Å²) >= 11 is 0. The molecule has 0 aliphatic heterocycles. The molecule has 0 fully saturated rings. The van der Waals surface area contributed by atoms with Gasteiger partial charge in [-0.2, -0.15) is 0 Å². The Bertz CT molecular complexity index is 389. The van der Waals surface area contributed by atoms with Gasteiger partial charge in [-0.3, -0.25) is 4.90 Å². The van der Waals surface area contributed by atoms with Gasteiger partial charge in [-0.05, 0) is 32.4 Å². The molecule has 1 aromatic rings. The van der Waals surface area contributed by atoms with Gasteiger partial charge in [0.15, 0.2) is 0 Å². The first kappa shape index (κ1) is 16.7. The molecule has 0 aromatic heterocycles. The first-order valence-corrected chi connectivity index (χ1v) is 7.59. The Morgan fingerprint density at radius 1 is 1.20 bits per heavy atom. The Morgan fingerprint density at radius 2 is 1.85 bits per heavy atom. The van der Waals surface area contributed by atoms with Gasteiger partial charge in [0.25, 0.3) is 0 Å². The molecule has 1 rings (SSSR count). The molecular weight excluding hydrogens is 250 g/mol. The monoisotopic (exact) mass is 277 g/mol.